The maximum absolute atomic E-state index is 11.4. The summed E-state index contributed by atoms with van der Waals surface area (Å²) in [4.78, 5) is 10.0. The van der Waals surface area contributed by atoms with Crippen molar-refractivity contribution in [3.8, 4) is 0 Å². The van der Waals surface area contributed by atoms with E-state index in [0.29, 0.717) is 13.3 Å². The number of benzene rings is 2. The van der Waals surface area contributed by atoms with Crippen LogP contribution in [0.15, 0.2) is 60.7 Å². The first-order valence-corrected chi connectivity index (χ1v) is 31.6. The molecule has 0 fully saturated rings. The van der Waals surface area contributed by atoms with Crippen molar-refractivity contribution in [3.05, 3.63) is 106 Å². The quantitative estimate of drug-likeness (QED) is 0.0575. The number of hydroxylamine groups is 2. The second-order valence-electron chi connectivity index (χ2n) is 9.26. The zero-order valence-electron chi connectivity index (χ0n) is 28.8. The second kappa shape index (κ2) is 57.4. The number of halogens is 6. The Kier molecular flexibility index (Phi) is 94.8. The van der Waals surface area contributed by atoms with E-state index in [1.165, 1.54) is 25.7 Å². The molecule has 0 unspecified atom stereocenters. The van der Waals surface area contributed by atoms with E-state index in [2.05, 4.69) is 116 Å². The van der Waals surface area contributed by atoms with E-state index < -0.39 is 11.1 Å². The largest absolute Gasteiger partial charge is 0.625 e. The van der Waals surface area contributed by atoms with Crippen LogP contribution in [-0.2, 0) is 65.4 Å². The first-order valence-electron chi connectivity index (χ1n) is 12.7. The zero-order valence-corrected chi connectivity index (χ0v) is 47.6. The minimum absolute atomic E-state index is 0. The summed E-state index contributed by atoms with van der Waals surface area (Å²) in [6.07, 6.45) is 7.66. The predicted octanol–water partition coefficient (Wildman–Crippen LogP) is 9.98. The second-order valence-corrected chi connectivity index (χ2v) is 25.5. The third kappa shape index (κ3) is 74.3. The number of nitrogens with one attached hydrogen (secondary N) is 1. The summed E-state index contributed by atoms with van der Waals surface area (Å²) in [5, 5.41) is 19.5. The Morgan fingerprint density at radius 3 is 1.20 bits per heavy atom. The molecular formula is C32H57I6N2O3Y2-5. The average Bonchev–Trinajstić information content (AvgIpc) is 2.95. The summed E-state index contributed by atoms with van der Waals surface area (Å²) in [6.45, 7) is 23.1. The van der Waals surface area contributed by atoms with E-state index in [1.54, 1.807) is 46.0 Å². The van der Waals surface area contributed by atoms with Gasteiger partial charge in [0.25, 0.3) is 0 Å². The molecule has 266 valence electrons. The molecule has 0 saturated carbocycles. The van der Waals surface area contributed by atoms with Crippen molar-refractivity contribution in [2.45, 2.75) is 92.2 Å². The molecule has 2 aromatic carbocycles. The maximum Gasteiger partial charge on any atom is 0.179 e. The Labute approximate surface area is 400 Å². The van der Waals surface area contributed by atoms with E-state index >= 15 is 0 Å². The van der Waals surface area contributed by atoms with Gasteiger partial charge in [0, 0.05) is 119 Å². The molecule has 13 heteroatoms. The summed E-state index contributed by atoms with van der Waals surface area (Å²) in [7, 11) is 0. The minimum Gasteiger partial charge on any atom is -0.625 e. The van der Waals surface area contributed by atoms with Crippen LogP contribution < -0.4 is 18.7 Å². The molecule has 0 aromatic heterocycles. The molecule has 0 aliphatic heterocycles. The summed E-state index contributed by atoms with van der Waals surface area (Å²) < 4.78 is 0.863. The Hall–Kier alpha value is 4.09. The van der Waals surface area contributed by atoms with Crippen LogP contribution in [0.5, 0.6) is 0 Å². The normalized spacial score (nSPS) is 8.82. The van der Waals surface area contributed by atoms with Crippen LogP contribution >= 0.6 is 98.4 Å². The molecule has 45 heavy (non-hydrogen) atoms. The van der Waals surface area contributed by atoms with Gasteiger partial charge in [-0.25, -0.2) is 10.2 Å². The molecule has 2 radical (unpaired) electrons. The predicted molar refractivity (Wildman–Crippen MR) is 236 cm³/mol. The van der Waals surface area contributed by atoms with E-state index in [-0.39, 0.29) is 104 Å². The van der Waals surface area contributed by atoms with Crippen LogP contribution in [0.25, 0.3) is 0 Å². The van der Waals surface area contributed by atoms with Crippen LogP contribution in [0.3, 0.4) is 0 Å². The molecule has 2 N–H and O–H groups in total. The smallest absolute Gasteiger partial charge is 0.179 e. The van der Waals surface area contributed by atoms with Gasteiger partial charge in [0.15, 0.2) is 6.21 Å². The number of hydrogen-bond donors (Lipinski definition) is 2. The molecule has 0 heterocycles. The molecule has 0 atom stereocenters. The van der Waals surface area contributed by atoms with Crippen molar-refractivity contribution in [2.24, 2.45) is 0 Å². The molecule has 2 rings (SSSR count). The van der Waals surface area contributed by atoms with Crippen molar-refractivity contribution < 1.29 is 93.4 Å². The Balaban J connectivity index is -0.0000000423. The van der Waals surface area contributed by atoms with Crippen molar-refractivity contribution in [2.75, 3.05) is 0 Å². The van der Waals surface area contributed by atoms with Gasteiger partial charge in [-0.1, -0.05) is 121 Å². The number of nitrogens with zero attached hydrogens (tertiary/aromatic N) is 1. The molecule has 5 nitrogen and oxygen atoms in total. The third-order valence-electron chi connectivity index (χ3n) is 3.90. The fourth-order valence-corrected chi connectivity index (χ4v) is 1.38. The summed E-state index contributed by atoms with van der Waals surface area (Å²) >= 11 is 9.54. The number of carbonyl (C=O) groups is 1. The molecule has 0 bridgehead atoms. The molecule has 0 spiro atoms. The molecule has 0 aliphatic rings. The number of hydrogen-bond acceptors (Lipinski definition) is 4. The third-order valence-corrected chi connectivity index (χ3v) is 3.90. The van der Waals surface area contributed by atoms with Gasteiger partial charge in [0.05, 0.1) is 0 Å². The van der Waals surface area contributed by atoms with E-state index in [4.69, 9.17) is 5.21 Å². The summed E-state index contributed by atoms with van der Waals surface area (Å²) in [5.41, 5.74) is 2.60. The van der Waals surface area contributed by atoms with E-state index in [0.717, 1.165) is 22.2 Å². The number of aldehydes is 1. The first kappa shape index (κ1) is 74.3. The van der Waals surface area contributed by atoms with Gasteiger partial charge in [-0.2, -0.15) is 0 Å². The van der Waals surface area contributed by atoms with Gasteiger partial charge in [-0.3, -0.25) is 11.7 Å². The molecule has 2 aromatic rings. The molecule has 0 saturated heterocycles. The minimum atomic E-state index is -0.615. The Bertz CT molecular complexity index is 776. The van der Waals surface area contributed by atoms with Crippen molar-refractivity contribution in [1.29, 1.82) is 0 Å². The van der Waals surface area contributed by atoms with Gasteiger partial charge in [-0.15, -0.1) is 24.0 Å². The van der Waals surface area contributed by atoms with Gasteiger partial charge in [0.2, 0.25) is 0 Å². The van der Waals surface area contributed by atoms with E-state index in [1.807, 2.05) is 54.0 Å². The topological polar surface area (TPSA) is 75.4 Å². The number of carbonyl (C=O) groups excluding carboxylic acids is 1. The van der Waals surface area contributed by atoms with E-state index in [9.17, 15) is 10.0 Å². The SMILES string of the molecule is CCCC.CCCC.I.II.I[I-]I.O=Cc1ccccc1.[CH2-]C(C)(C)/[N+]([O-])=C/c1ccccc1.[CH2-]C(C)(C)NO.[CH3-].[CH3-].[Y].[Y]. The maximum atomic E-state index is 11.4. The van der Waals surface area contributed by atoms with Gasteiger partial charge >= 0.3 is 50.5 Å². The summed E-state index contributed by atoms with van der Waals surface area (Å²) in [6, 6.07) is 18.6. The molecule has 0 amide bonds. The van der Waals surface area contributed by atoms with Crippen LogP contribution in [0.4, 0.5) is 0 Å². The molecular weight excluding hydrogens is 1400 g/mol. The van der Waals surface area contributed by atoms with Crippen molar-refractivity contribution in [3.63, 3.8) is 0 Å². The fourth-order valence-electron chi connectivity index (χ4n) is 1.38. The van der Waals surface area contributed by atoms with Gasteiger partial charge < -0.3 is 32.2 Å². The van der Waals surface area contributed by atoms with Crippen molar-refractivity contribution in [1.82, 2.24) is 5.48 Å². The van der Waals surface area contributed by atoms with Gasteiger partial charge in [-0.05, 0) is 26.0 Å². The van der Waals surface area contributed by atoms with Crippen LogP contribution in [0.2, 0.25) is 0 Å². The standard InChI is InChI=1S/C11H14NO.C7H6O.C4H10NO.2C4H10.2CH3.I3.I2.HI.2Y/c1-11(2,3)12(13)9-10-7-5-4-6-8-10;8-6-7-4-2-1-3-5-7;1-4(2,3)5-6;2*1-3-4-2;;;1-3-2;1-2;;;/h4-9H,1H2,2-3H3;1-6H;5-6H,1H2,2-3H3;2*3-4H2,1-2H3;2*1H3;;;1H;;/q-1;;-1;;;3*-1;;;;/b12-9-;;;;;;;;;;;. The monoisotopic (exact) mass is 1460 g/mol. The van der Waals surface area contributed by atoms with Crippen LogP contribution in [0.1, 0.15) is 97.0 Å². The molecule has 0 aliphatic carbocycles. The van der Waals surface area contributed by atoms with Gasteiger partial charge in [0.1, 0.15) is 6.29 Å². The number of unbranched alkanes of at least 4 members (excludes halogenated alkanes) is 2. The Morgan fingerprint density at radius 2 is 1.04 bits per heavy atom. The fraction of sp³-hybridized carbons (Fsp3) is 0.438. The number of rotatable bonds is 6. The average molecular weight is 1460 g/mol. The zero-order chi connectivity index (χ0) is 32.5. The van der Waals surface area contributed by atoms with Crippen LogP contribution in [-0.4, -0.2) is 33.5 Å². The van der Waals surface area contributed by atoms with Crippen LogP contribution in [0, 0.1) is 33.9 Å². The summed E-state index contributed by atoms with van der Waals surface area (Å²) in [5.74, 6) is 0. The first-order chi connectivity index (χ1) is 18.7. The van der Waals surface area contributed by atoms with Crippen molar-refractivity contribution >= 4 is 111 Å². The Morgan fingerprint density at radius 1 is 0.800 bits per heavy atom.